The van der Waals surface area contributed by atoms with Crippen LogP contribution in [0.4, 0.5) is 4.39 Å². The molecule has 2 aromatic carbocycles. The van der Waals surface area contributed by atoms with Gasteiger partial charge >= 0.3 is 0 Å². The van der Waals surface area contributed by atoms with E-state index in [9.17, 15) is 12.8 Å². The molecular weight excluding hydrogens is 451 g/mol. The first-order valence-corrected chi connectivity index (χ1v) is 11.4. The topological polar surface area (TPSA) is 71.6 Å². The first-order valence-electron chi connectivity index (χ1n) is 9.15. The second-order valence-electron chi connectivity index (χ2n) is 6.77. The smallest absolute Gasteiger partial charge is 0.288 e. The summed E-state index contributed by atoms with van der Waals surface area (Å²) in [5, 5.41) is 4.92. The van der Waals surface area contributed by atoms with Gasteiger partial charge in [-0.3, -0.25) is 4.90 Å². The molecule has 1 saturated heterocycles. The Kier molecular flexibility index (Phi) is 6.03. The van der Waals surface area contributed by atoms with Crippen LogP contribution in [-0.2, 0) is 16.7 Å². The zero-order chi connectivity index (χ0) is 21.3. The van der Waals surface area contributed by atoms with Gasteiger partial charge in [0.1, 0.15) is 5.82 Å². The Bertz CT molecular complexity index is 1220. The van der Waals surface area contributed by atoms with Crippen LogP contribution in [0.5, 0.6) is 0 Å². The molecule has 1 aromatic heterocycles. The van der Waals surface area contributed by atoms with E-state index in [0.29, 0.717) is 36.2 Å². The van der Waals surface area contributed by atoms with E-state index in [-0.39, 0.29) is 22.8 Å². The van der Waals surface area contributed by atoms with E-state index in [1.54, 1.807) is 16.8 Å². The fraction of sp³-hybridized carbons (Fsp3) is 0.263. The van der Waals surface area contributed by atoms with Gasteiger partial charge in [-0.1, -0.05) is 29.8 Å². The third kappa shape index (κ3) is 4.33. The number of piperazine rings is 1. The standard InChI is InChI=1S/C19H18ClFN4O3S2/c20-17-7-2-1-6-16(17)18-22-25(19(29)28-18)13-23-8-10-24(11-9-23)30(26,27)15-5-3-4-14(21)12-15/h1-7,12H,8-11,13H2. The average molecular weight is 469 g/mol. The average Bonchev–Trinajstić information content (AvgIpc) is 3.09. The lowest BCUT2D eigenvalue weighted by molar-refractivity contribution is 0.143. The molecule has 2 heterocycles. The second-order valence-corrected chi connectivity index (χ2v) is 9.47. The maximum absolute atomic E-state index is 13.4. The molecule has 7 nitrogen and oxygen atoms in total. The van der Waals surface area contributed by atoms with Crippen LogP contribution in [0.15, 0.2) is 57.8 Å². The van der Waals surface area contributed by atoms with Gasteiger partial charge in [-0.05, 0) is 42.5 Å². The molecule has 1 aliphatic rings. The molecule has 0 bridgehead atoms. The van der Waals surface area contributed by atoms with Crippen molar-refractivity contribution in [3.8, 4) is 11.5 Å². The van der Waals surface area contributed by atoms with Gasteiger partial charge in [-0.25, -0.2) is 17.5 Å². The van der Waals surface area contributed by atoms with Crippen LogP contribution in [0, 0.1) is 10.7 Å². The molecule has 30 heavy (non-hydrogen) atoms. The van der Waals surface area contributed by atoms with Crippen LogP contribution in [0.2, 0.25) is 5.02 Å². The van der Waals surface area contributed by atoms with Crippen LogP contribution in [0.1, 0.15) is 0 Å². The molecule has 1 aliphatic heterocycles. The zero-order valence-electron chi connectivity index (χ0n) is 15.7. The van der Waals surface area contributed by atoms with Crippen molar-refractivity contribution in [1.29, 1.82) is 0 Å². The van der Waals surface area contributed by atoms with E-state index >= 15 is 0 Å². The molecule has 0 radical (unpaired) electrons. The highest BCUT2D eigenvalue weighted by Gasteiger charge is 2.29. The predicted octanol–water partition coefficient (Wildman–Crippen LogP) is 3.63. The van der Waals surface area contributed by atoms with Crippen molar-refractivity contribution < 1.29 is 17.2 Å². The van der Waals surface area contributed by atoms with Gasteiger partial charge in [0.2, 0.25) is 15.9 Å². The molecular formula is C19H18ClFN4O3S2. The SMILES string of the molecule is O=S(=O)(c1cccc(F)c1)N1CCN(Cn2nc(-c3ccccc3Cl)oc2=S)CC1. The Morgan fingerprint density at radius 1 is 1.10 bits per heavy atom. The third-order valence-corrected chi connectivity index (χ3v) is 7.33. The van der Waals surface area contributed by atoms with Gasteiger partial charge in [-0.15, -0.1) is 5.10 Å². The number of hydrogen-bond donors (Lipinski definition) is 0. The highest BCUT2D eigenvalue weighted by Crippen LogP contribution is 2.26. The Morgan fingerprint density at radius 2 is 1.83 bits per heavy atom. The summed E-state index contributed by atoms with van der Waals surface area (Å²) in [4.78, 5) is 2.19. The number of benzene rings is 2. The van der Waals surface area contributed by atoms with Crippen LogP contribution >= 0.6 is 23.8 Å². The largest absolute Gasteiger partial charge is 0.409 e. The van der Waals surface area contributed by atoms with Crippen molar-refractivity contribution in [2.24, 2.45) is 0 Å². The fourth-order valence-corrected chi connectivity index (χ4v) is 5.06. The summed E-state index contributed by atoms with van der Waals surface area (Å²) in [6.07, 6.45) is 0. The summed E-state index contributed by atoms with van der Waals surface area (Å²) >= 11 is 11.5. The van der Waals surface area contributed by atoms with Crippen molar-refractivity contribution in [1.82, 2.24) is 19.0 Å². The normalized spacial score (nSPS) is 16.1. The molecule has 158 valence electrons. The van der Waals surface area contributed by atoms with Crippen molar-refractivity contribution in [3.05, 3.63) is 64.2 Å². The first kappa shape index (κ1) is 21.1. The molecule has 4 rings (SSSR count). The molecule has 0 saturated carbocycles. The van der Waals surface area contributed by atoms with E-state index in [4.69, 9.17) is 28.2 Å². The Balaban J connectivity index is 1.43. The monoisotopic (exact) mass is 468 g/mol. The van der Waals surface area contributed by atoms with Crippen molar-refractivity contribution >= 4 is 33.8 Å². The number of rotatable bonds is 5. The quantitative estimate of drug-likeness (QED) is 0.532. The molecule has 1 fully saturated rings. The number of aromatic nitrogens is 2. The van der Waals surface area contributed by atoms with Crippen molar-refractivity contribution in [3.63, 3.8) is 0 Å². The minimum atomic E-state index is -3.74. The maximum Gasteiger partial charge on any atom is 0.288 e. The van der Waals surface area contributed by atoms with Gasteiger partial charge in [0, 0.05) is 26.2 Å². The molecule has 0 spiro atoms. The number of sulfonamides is 1. The third-order valence-electron chi connectivity index (χ3n) is 4.81. The zero-order valence-corrected chi connectivity index (χ0v) is 18.1. The molecule has 0 aliphatic carbocycles. The lowest BCUT2D eigenvalue weighted by atomic mass is 10.2. The molecule has 0 atom stereocenters. The highest BCUT2D eigenvalue weighted by atomic mass is 35.5. The Hall–Kier alpha value is -2.11. The minimum Gasteiger partial charge on any atom is -0.409 e. The van der Waals surface area contributed by atoms with Gasteiger partial charge < -0.3 is 4.42 Å². The summed E-state index contributed by atoms with van der Waals surface area (Å²) < 4.78 is 47.4. The Labute approximate surface area is 183 Å². The van der Waals surface area contributed by atoms with Crippen LogP contribution < -0.4 is 0 Å². The number of nitrogens with zero attached hydrogens (tertiary/aromatic N) is 4. The Morgan fingerprint density at radius 3 is 2.53 bits per heavy atom. The lowest BCUT2D eigenvalue weighted by Gasteiger charge is -2.33. The molecule has 0 unspecified atom stereocenters. The minimum absolute atomic E-state index is 0.0425. The molecule has 11 heteroatoms. The lowest BCUT2D eigenvalue weighted by Crippen LogP contribution is -2.48. The highest BCUT2D eigenvalue weighted by molar-refractivity contribution is 7.89. The van der Waals surface area contributed by atoms with E-state index < -0.39 is 15.8 Å². The number of hydrogen-bond acceptors (Lipinski definition) is 6. The predicted molar refractivity (Wildman–Crippen MR) is 113 cm³/mol. The molecule has 0 amide bonds. The first-order chi connectivity index (χ1) is 14.3. The summed E-state index contributed by atoms with van der Waals surface area (Å²) in [6, 6.07) is 12.2. The van der Waals surface area contributed by atoms with E-state index in [2.05, 4.69) is 5.10 Å². The maximum atomic E-state index is 13.4. The summed E-state index contributed by atoms with van der Waals surface area (Å²) in [6.45, 7) is 1.87. The van der Waals surface area contributed by atoms with Gasteiger partial charge in [0.25, 0.3) is 4.84 Å². The fourth-order valence-electron chi connectivity index (χ4n) is 3.22. The van der Waals surface area contributed by atoms with E-state index in [1.807, 2.05) is 17.0 Å². The number of halogens is 2. The second kappa shape index (κ2) is 8.56. The van der Waals surface area contributed by atoms with E-state index in [0.717, 1.165) is 6.07 Å². The van der Waals surface area contributed by atoms with Crippen molar-refractivity contribution in [2.45, 2.75) is 11.6 Å². The van der Waals surface area contributed by atoms with Crippen LogP contribution in [0.3, 0.4) is 0 Å². The summed E-state index contributed by atoms with van der Waals surface area (Å²) in [5.41, 5.74) is 0.648. The van der Waals surface area contributed by atoms with Gasteiger partial charge in [0.15, 0.2) is 0 Å². The van der Waals surface area contributed by atoms with Crippen LogP contribution in [-0.4, -0.2) is 53.6 Å². The van der Waals surface area contributed by atoms with E-state index in [1.165, 1.54) is 22.5 Å². The summed E-state index contributed by atoms with van der Waals surface area (Å²) in [7, 11) is -3.74. The van der Waals surface area contributed by atoms with Crippen LogP contribution in [0.25, 0.3) is 11.5 Å². The molecule has 3 aromatic rings. The van der Waals surface area contributed by atoms with Crippen molar-refractivity contribution in [2.75, 3.05) is 26.2 Å². The molecule has 0 N–H and O–H groups in total. The van der Waals surface area contributed by atoms with Gasteiger partial charge in [-0.2, -0.15) is 4.31 Å². The summed E-state index contributed by atoms with van der Waals surface area (Å²) in [5.74, 6) is -0.248. The van der Waals surface area contributed by atoms with Gasteiger partial charge in [0.05, 0.1) is 22.2 Å².